The van der Waals surface area contributed by atoms with Gasteiger partial charge >= 0.3 is 5.97 Å². The van der Waals surface area contributed by atoms with Crippen LogP contribution in [0.15, 0.2) is 24.3 Å². The van der Waals surface area contributed by atoms with Gasteiger partial charge in [0.1, 0.15) is 5.69 Å². The Morgan fingerprint density at radius 3 is 2.58 bits per heavy atom. The summed E-state index contributed by atoms with van der Waals surface area (Å²) in [5, 5.41) is 14.2. The van der Waals surface area contributed by atoms with E-state index in [-0.39, 0.29) is 11.7 Å². The zero-order valence-corrected chi connectivity index (χ0v) is 11.8. The molecule has 0 amide bonds. The van der Waals surface area contributed by atoms with E-state index < -0.39 is 5.97 Å². The van der Waals surface area contributed by atoms with Crippen LogP contribution < -0.4 is 0 Å². The molecule has 0 aliphatic heterocycles. The first-order valence-electron chi connectivity index (χ1n) is 5.99. The second-order valence-electron chi connectivity index (χ2n) is 4.72. The Hall–Kier alpha value is -1.81. The molecule has 0 saturated carbocycles. The monoisotopic (exact) mass is 278 g/mol. The first-order valence-corrected chi connectivity index (χ1v) is 6.37. The highest BCUT2D eigenvalue weighted by Gasteiger charge is 2.18. The largest absolute Gasteiger partial charge is 0.477 e. The summed E-state index contributed by atoms with van der Waals surface area (Å²) < 4.78 is 1.51. The van der Waals surface area contributed by atoms with Crippen molar-refractivity contribution in [3.63, 3.8) is 0 Å². The first kappa shape index (κ1) is 13.6. The molecule has 0 atom stereocenters. The smallest absolute Gasteiger partial charge is 0.354 e. The molecule has 0 saturated heterocycles. The van der Waals surface area contributed by atoms with E-state index in [4.69, 9.17) is 11.6 Å². The Morgan fingerprint density at radius 1 is 1.37 bits per heavy atom. The molecule has 0 radical (unpaired) electrons. The molecule has 1 N–H and O–H groups in total. The molecule has 1 aromatic carbocycles. The first-order chi connectivity index (χ1) is 8.90. The molecule has 1 heterocycles. The van der Waals surface area contributed by atoms with Gasteiger partial charge in [-0.3, -0.25) is 4.68 Å². The standard InChI is InChI=1S/C14H15ClN2O2/c1-8(2)17-13(14(18)19)7-12(16-17)11-6-10(15)5-4-9(11)3/h4-8H,1-3H3,(H,18,19). The number of carboxylic acid groups (broad SMARTS) is 1. The lowest BCUT2D eigenvalue weighted by Gasteiger charge is -2.07. The number of rotatable bonds is 3. The zero-order valence-electron chi connectivity index (χ0n) is 11.0. The molecule has 0 unspecified atom stereocenters. The van der Waals surface area contributed by atoms with Crippen LogP contribution in [0.2, 0.25) is 5.02 Å². The van der Waals surface area contributed by atoms with E-state index in [0.717, 1.165) is 11.1 Å². The summed E-state index contributed by atoms with van der Waals surface area (Å²) in [4.78, 5) is 11.2. The summed E-state index contributed by atoms with van der Waals surface area (Å²) in [6.07, 6.45) is 0. The van der Waals surface area contributed by atoms with Crippen LogP contribution in [0.1, 0.15) is 35.9 Å². The molecule has 0 aliphatic carbocycles. The minimum atomic E-state index is -0.980. The summed E-state index contributed by atoms with van der Waals surface area (Å²) in [7, 11) is 0. The Kier molecular flexibility index (Phi) is 3.62. The Morgan fingerprint density at radius 2 is 2.05 bits per heavy atom. The zero-order chi connectivity index (χ0) is 14.2. The summed E-state index contributed by atoms with van der Waals surface area (Å²) in [6, 6.07) is 7.07. The molecule has 2 rings (SSSR count). The third kappa shape index (κ3) is 2.63. The number of benzene rings is 1. The predicted octanol–water partition coefficient (Wildman–Crippen LogP) is 3.79. The fourth-order valence-corrected chi connectivity index (χ4v) is 2.12. The molecule has 0 bridgehead atoms. The molecule has 4 nitrogen and oxygen atoms in total. The van der Waals surface area contributed by atoms with Crippen LogP contribution >= 0.6 is 11.6 Å². The molecule has 1 aromatic heterocycles. The Labute approximate surface area is 116 Å². The fraction of sp³-hybridized carbons (Fsp3) is 0.286. The van der Waals surface area contributed by atoms with Gasteiger partial charge in [-0.1, -0.05) is 17.7 Å². The molecule has 0 fully saturated rings. The van der Waals surface area contributed by atoms with Gasteiger partial charge in [-0.25, -0.2) is 4.79 Å². The van der Waals surface area contributed by atoms with Gasteiger partial charge < -0.3 is 5.11 Å². The van der Waals surface area contributed by atoms with E-state index in [9.17, 15) is 9.90 Å². The van der Waals surface area contributed by atoms with Crippen molar-refractivity contribution in [3.05, 3.63) is 40.5 Å². The van der Waals surface area contributed by atoms with E-state index in [1.165, 1.54) is 4.68 Å². The lowest BCUT2D eigenvalue weighted by molar-refractivity contribution is 0.0681. The molecule has 19 heavy (non-hydrogen) atoms. The molecule has 5 heteroatoms. The minimum absolute atomic E-state index is 0.0145. The van der Waals surface area contributed by atoms with Gasteiger partial charge in [-0.2, -0.15) is 5.10 Å². The van der Waals surface area contributed by atoms with Crippen LogP contribution in [-0.2, 0) is 0 Å². The lowest BCUT2D eigenvalue weighted by Crippen LogP contribution is -2.11. The molecular formula is C14H15ClN2O2. The van der Waals surface area contributed by atoms with Crippen molar-refractivity contribution in [2.75, 3.05) is 0 Å². The van der Waals surface area contributed by atoms with E-state index >= 15 is 0 Å². The minimum Gasteiger partial charge on any atom is -0.477 e. The number of hydrogen-bond donors (Lipinski definition) is 1. The number of halogens is 1. The summed E-state index contributed by atoms with van der Waals surface area (Å²) >= 11 is 5.99. The Bertz CT molecular complexity index is 632. The van der Waals surface area contributed by atoms with Crippen LogP contribution in [-0.4, -0.2) is 20.9 Å². The van der Waals surface area contributed by atoms with Crippen molar-refractivity contribution in [2.45, 2.75) is 26.8 Å². The van der Waals surface area contributed by atoms with E-state index in [1.54, 1.807) is 18.2 Å². The van der Waals surface area contributed by atoms with Gasteiger partial charge in [0.15, 0.2) is 0 Å². The number of aromatic nitrogens is 2. The van der Waals surface area contributed by atoms with Crippen molar-refractivity contribution in [3.8, 4) is 11.3 Å². The van der Waals surface area contributed by atoms with Crippen molar-refractivity contribution in [2.24, 2.45) is 0 Å². The van der Waals surface area contributed by atoms with Gasteiger partial charge in [0.2, 0.25) is 0 Å². The van der Waals surface area contributed by atoms with Crippen molar-refractivity contribution < 1.29 is 9.90 Å². The highest BCUT2D eigenvalue weighted by Crippen LogP contribution is 2.27. The molecule has 2 aromatic rings. The number of aryl methyl sites for hydroxylation is 1. The summed E-state index contributed by atoms with van der Waals surface area (Å²) in [6.45, 7) is 5.74. The van der Waals surface area contributed by atoms with Crippen LogP contribution in [0.5, 0.6) is 0 Å². The molecule has 100 valence electrons. The van der Waals surface area contributed by atoms with Crippen molar-refractivity contribution in [1.82, 2.24) is 9.78 Å². The topological polar surface area (TPSA) is 55.1 Å². The van der Waals surface area contributed by atoms with Crippen molar-refractivity contribution >= 4 is 17.6 Å². The SMILES string of the molecule is Cc1ccc(Cl)cc1-c1cc(C(=O)O)n(C(C)C)n1. The number of nitrogens with zero attached hydrogens (tertiary/aromatic N) is 2. The van der Waals surface area contributed by atoms with Crippen LogP contribution in [0.25, 0.3) is 11.3 Å². The predicted molar refractivity (Wildman–Crippen MR) is 74.8 cm³/mol. The van der Waals surface area contributed by atoms with Gasteiger partial charge in [-0.15, -0.1) is 0 Å². The third-order valence-electron chi connectivity index (χ3n) is 2.92. The molecular weight excluding hydrogens is 264 g/mol. The Balaban J connectivity index is 2.60. The molecule has 0 spiro atoms. The van der Waals surface area contributed by atoms with Gasteiger partial charge in [0, 0.05) is 16.6 Å². The average molecular weight is 279 g/mol. The van der Waals surface area contributed by atoms with E-state index in [1.807, 2.05) is 26.8 Å². The molecule has 0 aliphatic rings. The highest BCUT2D eigenvalue weighted by molar-refractivity contribution is 6.30. The number of carboxylic acids is 1. The van der Waals surface area contributed by atoms with Gasteiger partial charge in [0.05, 0.1) is 5.69 Å². The maximum absolute atomic E-state index is 11.2. The maximum Gasteiger partial charge on any atom is 0.354 e. The van der Waals surface area contributed by atoms with E-state index in [2.05, 4.69) is 5.10 Å². The third-order valence-corrected chi connectivity index (χ3v) is 3.15. The maximum atomic E-state index is 11.2. The van der Waals surface area contributed by atoms with Crippen LogP contribution in [0.4, 0.5) is 0 Å². The average Bonchev–Trinajstić information content (AvgIpc) is 2.77. The number of carbonyl (C=O) groups is 1. The van der Waals surface area contributed by atoms with E-state index in [0.29, 0.717) is 10.7 Å². The number of hydrogen-bond acceptors (Lipinski definition) is 2. The normalized spacial score (nSPS) is 11.0. The van der Waals surface area contributed by atoms with Crippen LogP contribution in [0, 0.1) is 6.92 Å². The van der Waals surface area contributed by atoms with Gasteiger partial charge in [0.25, 0.3) is 0 Å². The number of aromatic carboxylic acids is 1. The second-order valence-corrected chi connectivity index (χ2v) is 5.15. The summed E-state index contributed by atoms with van der Waals surface area (Å²) in [5.74, 6) is -0.980. The van der Waals surface area contributed by atoms with Crippen molar-refractivity contribution in [1.29, 1.82) is 0 Å². The summed E-state index contributed by atoms with van der Waals surface area (Å²) in [5.41, 5.74) is 2.68. The fourth-order valence-electron chi connectivity index (χ4n) is 1.95. The lowest BCUT2D eigenvalue weighted by atomic mass is 10.1. The van der Waals surface area contributed by atoms with Gasteiger partial charge in [-0.05, 0) is 44.5 Å². The quantitative estimate of drug-likeness (QED) is 0.929. The highest BCUT2D eigenvalue weighted by atomic mass is 35.5. The second kappa shape index (κ2) is 5.05. The van der Waals surface area contributed by atoms with Crippen LogP contribution in [0.3, 0.4) is 0 Å².